The number of nitrogens with two attached hydrogens (primary N) is 1. The van der Waals surface area contributed by atoms with Crippen LogP contribution in [0.4, 0.5) is 13.2 Å². The van der Waals surface area contributed by atoms with Crippen LogP contribution in [0, 0.1) is 11.3 Å². The van der Waals surface area contributed by atoms with Gasteiger partial charge < -0.3 is 10.3 Å². The molecule has 1 aromatic rings. The Morgan fingerprint density at radius 2 is 1.81 bits per heavy atom. The van der Waals surface area contributed by atoms with Gasteiger partial charge in [0.1, 0.15) is 0 Å². The van der Waals surface area contributed by atoms with Gasteiger partial charge in [-0.15, -0.1) is 0 Å². The summed E-state index contributed by atoms with van der Waals surface area (Å²) >= 11 is 0. The first-order chi connectivity index (χ1) is 9.62. The summed E-state index contributed by atoms with van der Waals surface area (Å²) in [5, 5.41) is 3.59. The van der Waals surface area contributed by atoms with Crippen molar-refractivity contribution in [1.29, 1.82) is 0 Å². The average molecular weight is 307 g/mol. The minimum atomic E-state index is -4.20. The predicted octanol–water partition coefficient (Wildman–Crippen LogP) is 3.51. The Bertz CT molecular complexity index is 424. The molecule has 1 rings (SSSR count). The number of rotatable bonds is 7. The molecule has 0 aliphatic heterocycles. The third kappa shape index (κ3) is 6.93. The zero-order valence-corrected chi connectivity index (χ0v) is 12.8. The summed E-state index contributed by atoms with van der Waals surface area (Å²) in [6, 6.07) is 0. The van der Waals surface area contributed by atoms with Crippen LogP contribution in [0.25, 0.3) is 0 Å². The summed E-state index contributed by atoms with van der Waals surface area (Å²) in [5.74, 6) is 0.930. The molecule has 0 spiro atoms. The van der Waals surface area contributed by atoms with Crippen molar-refractivity contribution in [2.75, 3.05) is 6.54 Å². The van der Waals surface area contributed by atoms with Crippen molar-refractivity contribution >= 4 is 0 Å². The van der Waals surface area contributed by atoms with Gasteiger partial charge in [-0.25, -0.2) is 0 Å². The maximum Gasteiger partial charge on any atom is 0.389 e. The van der Waals surface area contributed by atoms with Crippen LogP contribution in [0.2, 0.25) is 0 Å². The topological polar surface area (TPSA) is 64.9 Å². The second kappa shape index (κ2) is 7.24. The molecule has 1 unspecified atom stereocenters. The molecule has 0 amide bonds. The van der Waals surface area contributed by atoms with Gasteiger partial charge in [0, 0.05) is 12.8 Å². The van der Waals surface area contributed by atoms with Gasteiger partial charge in [-0.3, -0.25) is 0 Å². The zero-order chi connectivity index (χ0) is 16.1. The average Bonchev–Trinajstić information content (AvgIpc) is 2.77. The molecule has 4 nitrogen and oxygen atoms in total. The molecule has 2 N–H and O–H groups in total. The van der Waals surface area contributed by atoms with Crippen LogP contribution in [-0.2, 0) is 12.8 Å². The number of alkyl halides is 3. The molecule has 1 atom stereocenters. The number of halogens is 3. The molecular weight excluding hydrogens is 283 g/mol. The van der Waals surface area contributed by atoms with E-state index >= 15 is 0 Å². The van der Waals surface area contributed by atoms with Gasteiger partial charge in [0.2, 0.25) is 5.89 Å². The van der Waals surface area contributed by atoms with E-state index in [0.717, 1.165) is 12.8 Å². The second-order valence-corrected chi connectivity index (χ2v) is 6.40. The number of hydrogen-bond acceptors (Lipinski definition) is 4. The Kier molecular flexibility index (Phi) is 6.19. The van der Waals surface area contributed by atoms with Gasteiger partial charge in [-0.2, -0.15) is 18.2 Å². The molecule has 0 saturated carbocycles. The van der Waals surface area contributed by atoms with Gasteiger partial charge >= 0.3 is 6.18 Å². The second-order valence-electron chi connectivity index (χ2n) is 6.40. The lowest BCUT2D eigenvalue weighted by Crippen LogP contribution is -2.24. The van der Waals surface area contributed by atoms with E-state index in [9.17, 15) is 13.2 Å². The van der Waals surface area contributed by atoms with E-state index in [2.05, 4.69) is 30.9 Å². The van der Waals surface area contributed by atoms with Crippen LogP contribution < -0.4 is 5.73 Å². The molecule has 0 aromatic carbocycles. The lowest BCUT2D eigenvalue weighted by Gasteiger charge is -2.30. The van der Waals surface area contributed by atoms with Crippen molar-refractivity contribution in [2.24, 2.45) is 17.1 Å². The Morgan fingerprint density at radius 3 is 2.33 bits per heavy atom. The minimum absolute atomic E-state index is 0.119. The SMILES string of the molecule is CC(C)(C)C(CCN)CCc1nc(CCC(F)(F)F)no1. The Morgan fingerprint density at radius 1 is 1.14 bits per heavy atom. The van der Waals surface area contributed by atoms with E-state index in [4.69, 9.17) is 10.3 Å². The summed E-state index contributed by atoms with van der Waals surface area (Å²) in [6.45, 7) is 7.06. The van der Waals surface area contributed by atoms with Crippen molar-refractivity contribution in [1.82, 2.24) is 10.1 Å². The molecule has 0 radical (unpaired) electrons. The van der Waals surface area contributed by atoms with Crippen molar-refractivity contribution in [3.05, 3.63) is 11.7 Å². The number of aromatic nitrogens is 2. The highest BCUT2D eigenvalue weighted by Crippen LogP contribution is 2.32. The van der Waals surface area contributed by atoms with E-state index in [1.807, 2.05) is 0 Å². The van der Waals surface area contributed by atoms with Crippen molar-refractivity contribution in [2.45, 2.75) is 59.1 Å². The highest BCUT2D eigenvalue weighted by atomic mass is 19.4. The van der Waals surface area contributed by atoms with E-state index < -0.39 is 12.6 Å². The first-order valence-corrected chi connectivity index (χ1v) is 7.20. The summed E-state index contributed by atoms with van der Waals surface area (Å²) in [6.07, 6.45) is -3.05. The quantitative estimate of drug-likeness (QED) is 0.837. The first kappa shape index (κ1) is 17.9. The summed E-state index contributed by atoms with van der Waals surface area (Å²) in [7, 11) is 0. The summed E-state index contributed by atoms with van der Waals surface area (Å²) < 4.78 is 41.4. The van der Waals surface area contributed by atoms with Crippen LogP contribution >= 0.6 is 0 Å². The Balaban J connectivity index is 2.50. The van der Waals surface area contributed by atoms with Crippen LogP contribution in [0.5, 0.6) is 0 Å². The molecule has 0 saturated heterocycles. The normalized spacial score (nSPS) is 14.4. The highest BCUT2D eigenvalue weighted by Gasteiger charge is 2.28. The molecule has 0 aliphatic rings. The highest BCUT2D eigenvalue weighted by molar-refractivity contribution is 4.88. The standard InChI is InChI=1S/C14H24F3N3O/c1-13(2,3)10(7-9-18)4-5-12-19-11(20-21-12)6-8-14(15,16)17/h10H,4-9,18H2,1-3H3. The monoisotopic (exact) mass is 307 g/mol. The van der Waals surface area contributed by atoms with Gasteiger partial charge in [-0.1, -0.05) is 25.9 Å². The minimum Gasteiger partial charge on any atom is -0.339 e. The van der Waals surface area contributed by atoms with E-state index in [1.54, 1.807) is 0 Å². The van der Waals surface area contributed by atoms with Crippen molar-refractivity contribution in [3.8, 4) is 0 Å². The third-order valence-electron chi connectivity index (χ3n) is 3.59. The molecular formula is C14H24F3N3O. The van der Waals surface area contributed by atoms with Gasteiger partial charge in [0.25, 0.3) is 0 Å². The molecule has 7 heteroatoms. The first-order valence-electron chi connectivity index (χ1n) is 7.20. The van der Waals surface area contributed by atoms with Gasteiger partial charge in [-0.05, 0) is 30.7 Å². The van der Waals surface area contributed by atoms with Crippen LogP contribution in [-0.4, -0.2) is 22.9 Å². The van der Waals surface area contributed by atoms with Crippen molar-refractivity contribution in [3.63, 3.8) is 0 Å². The van der Waals surface area contributed by atoms with Gasteiger partial charge in [0.15, 0.2) is 5.82 Å². The molecule has 0 aliphatic carbocycles. The molecule has 122 valence electrons. The molecule has 0 bridgehead atoms. The number of hydrogen-bond donors (Lipinski definition) is 1. The van der Waals surface area contributed by atoms with Crippen molar-refractivity contribution < 1.29 is 17.7 Å². The van der Waals surface area contributed by atoms with E-state index in [-0.39, 0.29) is 17.7 Å². The maximum absolute atomic E-state index is 12.1. The fraction of sp³-hybridized carbons (Fsp3) is 0.857. The van der Waals surface area contributed by atoms with Gasteiger partial charge in [0.05, 0.1) is 6.42 Å². The summed E-state index contributed by atoms with van der Waals surface area (Å²) in [4.78, 5) is 4.02. The predicted molar refractivity (Wildman–Crippen MR) is 73.6 cm³/mol. The van der Waals surface area contributed by atoms with E-state index in [1.165, 1.54) is 0 Å². The summed E-state index contributed by atoms with van der Waals surface area (Å²) in [5.41, 5.74) is 5.75. The van der Waals surface area contributed by atoms with Crippen LogP contribution in [0.1, 0.15) is 51.7 Å². The fourth-order valence-corrected chi connectivity index (χ4v) is 2.26. The molecule has 0 fully saturated rings. The zero-order valence-electron chi connectivity index (χ0n) is 12.8. The molecule has 21 heavy (non-hydrogen) atoms. The Labute approximate surface area is 123 Å². The third-order valence-corrected chi connectivity index (χ3v) is 3.59. The molecule has 1 aromatic heterocycles. The number of aryl methyl sites for hydroxylation is 2. The fourth-order valence-electron chi connectivity index (χ4n) is 2.26. The van der Waals surface area contributed by atoms with Crippen LogP contribution in [0.15, 0.2) is 4.52 Å². The maximum atomic E-state index is 12.1. The number of nitrogens with zero attached hydrogens (tertiary/aromatic N) is 2. The lowest BCUT2D eigenvalue weighted by atomic mass is 9.76. The lowest BCUT2D eigenvalue weighted by molar-refractivity contribution is -0.134. The largest absolute Gasteiger partial charge is 0.389 e. The van der Waals surface area contributed by atoms with E-state index in [0.29, 0.717) is 24.8 Å². The Hall–Kier alpha value is -1.11. The smallest absolute Gasteiger partial charge is 0.339 e. The molecule has 1 heterocycles. The van der Waals surface area contributed by atoms with Crippen LogP contribution in [0.3, 0.4) is 0 Å².